The van der Waals surface area contributed by atoms with Crippen LogP contribution in [0.2, 0.25) is 0 Å². The van der Waals surface area contributed by atoms with Gasteiger partial charge in [0.05, 0.1) is 24.9 Å². The van der Waals surface area contributed by atoms with Gasteiger partial charge in [0.25, 0.3) is 0 Å². The number of fused-ring (bicyclic) bond motifs is 1. The lowest BCUT2D eigenvalue weighted by atomic mass is 9.65. The highest BCUT2D eigenvalue weighted by molar-refractivity contribution is 5.92. The maximum absolute atomic E-state index is 13.4. The maximum atomic E-state index is 13.4. The lowest BCUT2D eigenvalue weighted by Crippen LogP contribution is -2.40. The Morgan fingerprint density at radius 1 is 1.24 bits per heavy atom. The lowest BCUT2D eigenvalue weighted by Gasteiger charge is -2.40. The van der Waals surface area contributed by atoms with Crippen molar-refractivity contribution in [1.29, 1.82) is 0 Å². The van der Waals surface area contributed by atoms with Crippen molar-refractivity contribution in [2.75, 3.05) is 12.4 Å². The molecule has 2 aliphatic carbocycles. The van der Waals surface area contributed by atoms with E-state index < -0.39 is 36.0 Å². The van der Waals surface area contributed by atoms with E-state index >= 15 is 0 Å². The second-order valence-electron chi connectivity index (χ2n) is 9.06. The maximum Gasteiger partial charge on any atom is 0.418 e. The van der Waals surface area contributed by atoms with Gasteiger partial charge < -0.3 is 25.6 Å². The van der Waals surface area contributed by atoms with Gasteiger partial charge in [0, 0.05) is 5.56 Å². The summed E-state index contributed by atoms with van der Waals surface area (Å²) in [5, 5.41) is 25.8. The summed E-state index contributed by atoms with van der Waals surface area (Å²) in [4.78, 5) is 12.8. The van der Waals surface area contributed by atoms with Crippen LogP contribution in [0, 0.1) is 0 Å². The van der Waals surface area contributed by atoms with Crippen LogP contribution < -0.4 is 15.4 Å². The Bertz CT molecular complexity index is 1050. The molecule has 6 nitrogen and oxygen atoms in total. The average molecular weight is 464 g/mol. The number of halogens is 3. The molecule has 178 valence electrons. The minimum atomic E-state index is -4.90. The fourth-order valence-electron chi connectivity index (χ4n) is 4.73. The number of alkyl halides is 3. The number of carbonyl (C=O) groups is 1. The highest BCUT2D eigenvalue weighted by atomic mass is 19.4. The van der Waals surface area contributed by atoms with Crippen molar-refractivity contribution in [1.82, 2.24) is 5.32 Å². The van der Waals surface area contributed by atoms with Crippen LogP contribution >= 0.6 is 0 Å². The summed E-state index contributed by atoms with van der Waals surface area (Å²) in [6.45, 7) is 1.94. The molecule has 2 aliphatic rings. The number of nitrogens with one attached hydrogen (secondary N) is 2. The predicted octanol–water partition coefficient (Wildman–Crippen LogP) is 4.51. The number of anilines is 1. The van der Waals surface area contributed by atoms with Gasteiger partial charge in [-0.1, -0.05) is 37.6 Å². The van der Waals surface area contributed by atoms with Crippen molar-refractivity contribution in [3.8, 4) is 5.75 Å². The molecular formula is C24H27F3N2O4. The van der Waals surface area contributed by atoms with Crippen LogP contribution in [0.5, 0.6) is 5.75 Å². The number of aliphatic hydroxyl groups excluding tert-OH is 2. The zero-order chi connectivity index (χ0) is 24.0. The molecule has 1 fully saturated rings. The van der Waals surface area contributed by atoms with Crippen molar-refractivity contribution in [3.63, 3.8) is 0 Å². The summed E-state index contributed by atoms with van der Waals surface area (Å²) in [7, 11) is 1.19. The molecule has 3 atom stereocenters. The number of benzene rings is 2. The number of hydrogen-bond donors (Lipinski definition) is 4. The number of urea groups is 1. The monoisotopic (exact) mass is 464 g/mol. The third-order valence-corrected chi connectivity index (χ3v) is 6.84. The van der Waals surface area contributed by atoms with E-state index in [0.29, 0.717) is 12.0 Å². The van der Waals surface area contributed by atoms with E-state index in [4.69, 9.17) is 4.74 Å². The molecule has 4 rings (SSSR count). The van der Waals surface area contributed by atoms with Crippen LogP contribution in [0.1, 0.15) is 60.6 Å². The SMILES string of the molecule is COc1c(NC(=O)N[C@@H]2Cc3ccccc3[C@@H]2O)cc(C2(C)CCC2)cc1[C@@H](O)C(F)(F)F. The molecule has 1 saturated carbocycles. The second-order valence-corrected chi connectivity index (χ2v) is 9.06. The topological polar surface area (TPSA) is 90.8 Å². The van der Waals surface area contributed by atoms with E-state index in [1.54, 1.807) is 18.2 Å². The van der Waals surface area contributed by atoms with Gasteiger partial charge in [0.1, 0.15) is 5.75 Å². The quantitative estimate of drug-likeness (QED) is 0.524. The Kier molecular flexibility index (Phi) is 6.05. The summed E-state index contributed by atoms with van der Waals surface area (Å²) < 4.78 is 45.3. The number of rotatable bonds is 5. The van der Waals surface area contributed by atoms with E-state index in [1.165, 1.54) is 13.2 Å². The van der Waals surface area contributed by atoms with E-state index in [-0.39, 0.29) is 16.9 Å². The molecule has 0 heterocycles. The summed E-state index contributed by atoms with van der Waals surface area (Å²) in [6.07, 6.45) is -5.59. The van der Waals surface area contributed by atoms with Crippen molar-refractivity contribution in [2.45, 2.75) is 62.4 Å². The average Bonchev–Trinajstić information content (AvgIpc) is 3.05. The van der Waals surface area contributed by atoms with E-state index in [9.17, 15) is 28.2 Å². The molecule has 0 saturated heterocycles. The van der Waals surface area contributed by atoms with Crippen LogP contribution in [0.25, 0.3) is 0 Å². The van der Waals surface area contributed by atoms with Gasteiger partial charge in [-0.3, -0.25) is 0 Å². The summed E-state index contributed by atoms with van der Waals surface area (Å²) in [5.41, 5.74) is 1.49. The third-order valence-electron chi connectivity index (χ3n) is 6.84. The van der Waals surface area contributed by atoms with Crippen molar-refractivity contribution in [2.24, 2.45) is 0 Å². The molecule has 0 bridgehead atoms. The van der Waals surface area contributed by atoms with E-state index in [1.807, 2.05) is 19.1 Å². The van der Waals surface area contributed by atoms with E-state index in [0.717, 1.165) is 30.4 Å². The van der Waals surface area contributed by atoms with Gasteiger partial charge in [0.15, 0.2) is 6.10 Å². The smallest absolute Gasteiger partial charge is 0.418 e. The number of carbonyl (C=O) groups excluding carboxylic acids is 1. The van der Waals surface area contributed by atoms with Gasteiger partial charge in [0.2, 0.25) is 0 Å². The molecule has 0 aromatic heterocycles. The number of hydrogen-bond acceptors (Lipinski definition) is 4. The zero-order valence-electron chi connectivity index (χ0n) is 18.4. The largest absolute Gasteiger partial charge is 0.494 e. The van der Waals surface area contributed by atoms with Crippen molar-refractivity contribution < 1.29 is 32.9 Å². The molecule has 2 aromatic carbocycles. The highest BCUT2D eigenvalue weighted by Crippen LogP contribution is 2.48. The number of methoxy groups -OCH3 is 1. The summed E-state index contributed by atoms with van der Waals surface area (Å²) in [6, 6.07) is 8.95. The molecule has 0 aliphatic heterocycles. The van der Waals surface area contributed by atoms with Gasteiger partial charge >= 0.3 is 12.2 Å². The standard InChI is InChI=1S/C24H27F3N2O4/c1-23(8-5-9-23)14-11-16(21(31)24(25,26)27)20(33-2)18(12-14)29-22(32)28-17-10-13-6-3-4-7-15(13)19(17)30/h3-4,6-7,11-12,17,19,21,30-31H,5,8-10H2,1-2H3,(H2,28,29,32)/t17-,19+,21-/m1/s1. The Balaban J connectivity index is 1.62. The molecule has 0 spiro atoms. The third kappa shape index (κ3) is 4.39. The Morgan fingerprint density at radius 2 is 1.94 bits per heavy atom. The number of ether oxygens (including phenoxy) is 1. The minimum absolute atomic E-state index is 0.0314. The molecule has 33 heavy (non-hydrogen) atoms. The van der Waals surface area contributed by atoms with Gasteiger partial charge in [-0.25, -0.2) is 4.79 Å². The molecule has 4 N–H and O–H groups in total. The van der Waals surface area contributed by atoms with Crippen LogP contribution in [0.3, 0.4) is 0 Å². The van der Waals surface area contributed by atoms with Crippen molar-refractivity contribution >= 4 is 11.7 Å². The Hall–Kier alpha value is -2.78. The molecule has 0 unspecified atom stereocenters. The number of aliphatic hydroxyl groups is 2. The van der Waals surface area contributed by atoms with E-state index in [2.05, 4.69) is 10.6 Å². The second kappa shape index (κ2) is 8.53. The van der Waals surface area contributed by atoms with Crippen molar-refractivity contribution in [3.05, 3.63) is 58.7 Å². The van der Waals surface area contributed by atoms with Gasteiger partial charge in [-0.05, 0) is 53.5 Å². The fraction of sp³-hybridized carbons (Fsp3) is 0.458. The van der Waals surface area contributed by atoms with Crippen LogP contribution in [-0.2, 0) is 11.8 Å². The minimum Gasteiger partial charge on any atom is -0.494 e. The highest BCUT2D eigenvalue weighted by Gasteiger charge is 2.43. The first-order chi connectivity index (χ1) is 15.5. The molecule has 0 radical (unpaired) electrons. The fourth-order valence-corrected chi connectivity index (χ4v) is 4.73. The number of amides is 2. The van der Waals surface area contributed by atoms with Crippen LogP contribution in [0.15, 0.2) is 36.4 Å². The molecule has 9 heteroatoms. The summed E-state index contributed by atoms with van der Waals surface area (Å²) >= 11 is 0. The van der Waals surface area contributed by atoms with Crippen LogP contribution in [-0.4, -0.2) is 35.6 Å². The lowest BCUT2D eigenvalue weighted by molar-refractivity contribution is -0.207. The zero-order valence-corrected chi connectivity index (χ0v) is 18.4. The first-order valence-electron chi connectivity index (χ1n) is 10.8. The predicted molar refractivity (Wildman–Crippen MR) is 116 cm³/mol. The normalized spacial score (nSPS) is 22.2. The Labute approximate surface area is 189 Å². The first kappa shape index (κ1) is 23.4. The van der Waals surface area contributed by atoms with Gasteiger partial charge in [-0.2, -0.15) is 13.2 Å². The molecule has 2 aromatic rings. The Morgan fingerprint density at radius 3 is 2.52 bits per heavy atom. The van der Waals surface area contributed by atoms with Crippen LogP contribution in [0.4, 0.5) is 23.7 Å². The first-order valence-corrected chi connectivity index (χ1v) is 10.8. The summed E-state index contributed by atoms with van der Waals surface area (Å²) in [5.74, 6) is -0.253. The molecule has 2 amide bonds. The van der Waals surface area contributed by atoms with Gasteiger partial charge in [-0.15, -0.1) is 0 Å². The molecular weight excluding hydrogens is 437 g/mol.